The van der Waals surface area contributed by atoms with E-state index in [1.54, 1.807) is 6.20 Å². The Balaban J connectivity index is 2.23. The molecule has 0 fully saturated rings. The van der Waals surface area contributed by atoms with Gasteiger partial charge in [-0.25, -0.2) is 4.79 Å². The van der Waals surface area contributed by atoms with Crippen LogP contribution in [0.1, 0.15) is 43.9 Å². The molecule has 7 nitrogen and oxygen atoms in total. The molecule has 0 saturated heterocycles. The number of H-pyrrole nitrogens is 1. The van der Waals surface area contributed by atoms with Crippen molar-refractivity contribution in [2.75, 3.05) is 6.54 Å². The average molecular weight is 296 g/mol. The van der Waals surface area contributed by atoms with E-state index < -0.39 is 5.97 Å². The van der Waals surface area contributed by atoms with Crippen LogP contribution in [0.3, 0.4) is 0 Å². The molecule has 1 heterocycles. The number of urea groups is 1. The van der Waals surface area contributed by atoms with Crippen LogP contribution < -0.4 is 10.6 Å². The zero-order chi connectivity index (χ0) is 15.7. The number of amides is 2. The van der Waals surface area contributed by atoms with Crippen LogP contribution in [0, 0.1) is 6.92 Å². The van der Waals surface area contributed by atoms with Gasteiger partial charge in [-0.1, -0.05) is 13.3 Å². The Bertz CT molecular complexity index is 459. The molecule has 1 aromatic heterocycles. The standard InChI is InChI=1S/C14H24N4O3/c1-3-5-12(8-13(19)20)17-14(21)15-7-4-6-11-9-16-18-10(11)2/h9,12H,3-8H2,1-2H3,(H,16,18)(H,19,20)(H2,15,17,21). The summed E-state index contributed by atoms with van der Waals surface area (Å²) in [6, 6.07) is -0.623. The van der Waals surface area contributed by atoms with Gasteiger partial charge in [-0.15, -0.1) is 0 Å². The molecular weight excluding hydrogens is 272 g/mol. The van der Waals surface area contributed by atoms with Crippen molar-refractivity contribution in [3.63, 3.8) is 0 Å². The first-order chi connectivity index (χ1) is 10.0. The van der Waals surface area contributed by atoms with E-state index in [0.717, 1.165) is 30.5 Å². The van der Waals surface area contributed by atoms with Crippen LogP contribution in [0.5, 0.6) is 0 Å². The largest absolute Gasteiger partial charge is 0.481 e. The first-order valence-corrected chi connectivity index (χ1v) is 7.28. The van der Waals surface area contributed by atoms with Crippen molar-refractivity contribution in [2.45, 2.75) is 52.0 Å². The molecule has 1 unspecified atom stereocenters. The molecule has 118 valence electrons. The first kappa shape index (κ1) is 17.0. The Labute approximate surface area is 124 Å². The van der Waals surface area contributed by atoms with E-state index in [4.69, 9.17) is 5.11 Å². The third kappa shape index (κ3) is 6.78. The highest BCUT2D eigenvalue weighted by atomic mass is 16.4. The number of nitrogens with one attached hydrogen (secondary N) is 3. The maximum atomic E-state index is 11.7. The number of hydrogen-bond donors (Lipinski definition) is 4. The molecule has 0 radical (unpaired) electrons. The lowest BCUT2D eigenvalue weighted by Crippen LogP contribution is -2.43. The van der Waals surface area contributed by atoms with Crippen LogP contribution in [-0.4, -0.2) is 39.9 Å². The minimum absolute atomic E-state index is 0.0462. The van der Waals surface area contributed by atoms with Crippen molar-refractivity contribution in [1.82, 2.24) is 20.8 Å². The van der Waals surface area contributed by atoms with Crippen molar-refractivity contribution in [3.8, 4) is 0 Å². The second kappa shape index (κ2) is 8.99. The number of carboxylic acids is 1. The van der Waals surface area contributed by atoms with Gasteiger partial charge in [0.05, 0.1) is 12.6 Å². The molecule has 0 saturated carbocycles. The number of aromatic amines is 1. The Morgan fingerprint density at radius 1 is 1.48 bits per heavy atom. The minimum Gasteiger partial charge on any atom is -0.481 e. The second-order valence-corrected chi connectivity index (χ2v) is 5.11. The van der Waals surface area contributed by atoms with Gasteiger partial charge in [0.1, 0.15) is 0 Å². The maximum Gasteiger partial charge on any atom is 0.315 e. The van der Waals surface area contributed by atoms with Crippen LogP contribution in [0.15, 0.2) is 6.20 Å². The molecule has 2 amide bonds. The molecule has 1 atom stereocenters. The van der Waals surface area contributed by atoms with E-state index in [-0.39, 0.29) is 18.5 Å². The third-order valence-corrected chi connectivity index (χ3v) is 3.24. The predicted octanol–water partition coefficient (Wildman–Crippen LogP) is 1.59. The summed E-state index contributed by atoms with van der Waals surface area (Å²) in [5.74, 6) is -0.899. The van der Waals surface area contributed by atoms with E-state index in [1.807, 2.05) is 13.8 Å². The van der Waals surface area contributed by atoms with Crippen LogP contribution in [0.25, 0.3) is 0 Å². The highest BCUT2D eigenvalue weighted by Gasteiger charge is 2.14. The van der Waals surface area contributed by atoms with E-state index in [1.165, 1.54) is 0 Å². The maximum absolute atomic E-state index is 11.7. The first-order valence-electron chi connectivity index (χ1n) is 7.28. The van der Waals surface area contributed by atoms with E-state index in [0.29, 0.717) is 13.0 Å². The Kier molecular flexibility index (Phi) is 7.28. The fourth-order valence-electron chi connectivity index (χ4n) is 2.13. The van der Waals surface area contributed by atoms with E-state index in [9.17, 15) is 9.59 Å². The summed E-state index contributed by atoms with van der Waals surface area (Å²) in [5, 5.41) is 21.1. The van der Waals surface area contributed by atoms with E-state index in [2.05, 4.69) is 20.8 Å². The SMILES string of the molecule is CCCC(CC(=O)O)NC(=O)NCCCc1cn[nH]c1C. The van der Waals surface area contributed by atoms with Crippen molar-refractivity contribution in [1.29, 1.82) is 0 Å². The van der Waals surface area contributed by atoms with Gasteiger partial charge in [-0.05, 0) is 31.7 Å². The van der Waals surface area contributed by atoms with Gasteiger partial charge >= 0.3 is 12.0 Å². The lowest BCUT2D eigenvalue weighted by Gasteiger charge is -2.16. The molecule has 4 N–H and O–H groups in total. The molecule has 0 aliphatic heterocycles. The van der Waals surface area contributed by atoms with Crippen LogP contribution >= 0.6 is 0 Å². The monoisotopic (exact) mass is 296 g/mol. The van der Waals surface area contributed by atoms with Gasteiger partial charge in [0.15, 0.2) is 0 Å². The van der Waals surface area contributed by atoms with Gasteiger partial charge in [0, 0.05) is 18.3 Å². The third-order valence-electron chi connectivity index (χ3n) is 3.24. The molecule has 0 spiro atoms. The number of aryl methyl sites for hydroxylation is 2. The average Bonchev–Trinajstić information content (AvgIpc) is 2.80. The Hall–Kier alpha value is -2.05. The molecule has 21 heavy (non-hydrogen) atoms. The molecule has 1 aromatic rings. The highest BCUT2D eigenvalue weighted by molar-refractivity contribution is 5.75. The minimum atomic E-state index is -0.899. The number of aromatic nitrogens is 2. The van der Waals surface area contributed by atoms with Gasteiger partial charge in [0.25, 0.3) is 0 Å². The van der Waals surface area contributed by atoms with Gasteiger partial charge in [0.2, 0.25) is 0 Å². The van der Waals surface area contributed by atoms with Crippen molar-refractivity contribution < 1.29 is 14.7 Å². The van der Waals surface area contributed by atoms with Crippen LogP contribution in [0.2, 0.25) is 0 Å². The zero-order valence-corrected chi connectivity index (χ0v) is 12.6. The van der Waals surface area contributed by atoms with Gasteiger partial charge in [-0.3, -0.25) is 9.89 Å². The number of carbonyl (C=O) groups excluding carboxylic acids is 1. The Morgan fingerprint density at radius 3 is 2.81 bits per heavy atom. The summed E-state index contributed by atoms with van der Waals surface area (Å²) < 4.78 is 0. The number of carboxylic acid groups (broad SMARTS) is 1. The molecule has 0 aromatic carbocycles. The van der Waals surface area contributed by atoms with Crippen LogP contribution in [0.4, 0.5) is 4.79 Å². The quantitative estimate of drug-likeness (QED) is 0.519. The second-order valence-electron chi connectivity index (χ2n) is 5.11. The molecule has 0 aliphatic carbocycles. The number of rotatable bonds is 9. The topological polar surface area (TPSA) is 107 Å². The van der Waals surface area contributed by atoms with Gasteiger partial charge < -0.3 is 15.7 Å². The fraction of sp³-hybridized carbons (Fsp3) is 0.643. The lowest BCUT2D eigenvalue weighted by molar-refractivity contribution is -0.137. The normalized spacial score (nSPS) is 11.9. The summed E-state index contributed by atoms with van der Waals surface area (Å²) in [4.78, 5) is 22.4. The highest BCUT2D eigenvalue weighted by Crippen LogP contribution is 2.05. The molecule has 0 aliphatic rings. The summed E-state index contributed by atoms with van der Waals surface area (Å²) >= 11 is 0. The van der Waals surface area contributed by atoms with E-state index >= 15 is 0 Å². The summed E-state index contributed by atoms with van der Waals surface area (Å²) in [5.41, 5.74) is 2.19. The smallest absolute Gasteiger partial charge is 0.315 e. The number of aliphatic carboxylic acids is 1. The zero-order valence-electron chi connectivity index (χ0n) is 12.6. The summed E-state index contributed by atoms with van der Waals surface area (Å²) in [6.07, 6.45) is 4.89. The Morgan fingerprint density at radius 2 is 2.24 bits per heavy atom. The molecule has 7 heteroatoms. The van der Waals surface area contributed by atoms with Gasteiger partial charge in [-0.2, -0.15) is 5.10 Å². The molecular formula is C14H24N4O3. The number of hydrogen-bond acceptors (Lipinski definition) is 3. The van der Waals surface area contributed by atoms with Crippen LogP contribution in [-0.2, 0) is 11.2 Å². The predicted molar refractivity (Wildman–Crippen MR) is 79.1 cm³/mol. The van der Waals surface area contributed by atoms with Crippen molar-refractivity contribution >= 4 is 12.0 Å². The number of nitrogens with zero attached hydrogens (tertiary/aromatic N) is 1. The fourth-order valence-corrected chi connectivity index (χ4v) is 2.13. The molecule has 1 rings (SSSR count). The number of carbonyl (C=O) groups is 2. The summed E-state index contributed by atoms with van der Waals surface area (Å²) in [6.45, 7) is 4.47. The summed E-state index contributed by atoms with van der Waals surface area (Å²) in [7, 11) is 0. The van der Waals surface area contributed by atoms with Crippen molar-refractivity contribution in [3.05, 3.63) is 17.5 Å². The van der Waals surface area contributed by atoms with Crippen molar-refractivity contribution in [2.24, 2.45) is 0 Å². The lowest BCUT2D eigenvalue weighted by atomic mass is 10.1. The molecule has 0 bridgehead atoms.